The Morgan fingerprint density at radius 1 is 1.09 bits per heavy atom. The van der Waals surface area contributed by atoms with Crippen molar-refractivity contribution in [2.45, 2.75) is 12.6 Å². The van der Waals surface area contributed by atoms with E-state index in [4.69, 9.17) is 4.74 Å². The van der Waals surface area contributed by atoms with Crippen LogP contribution < -0.4 is 15.4 Å². The number of halogens is 3. The van der Waals surface area contributed by atoms with Crippen LogP contribution in [-0.2, 0) is 24.4 Å². The van der Waals surface area contributed by atoms with Crippen molar-refractivity contribution < 1.29 is 22.7 Å². The lowest BCUT2D eigenvalue weighted by atomic mass is 10.2. The highest BCUT2D eigenvalue weighted by Gasteiger charge is 2.30. The molecule has 0 saturated carbocycles. The molecular formula is C24H22F3N5O2. The highest BCUT2D eigenvalue weighted by molar-refractivity contribution is 5.82. The van der Waals surface area contributed by atoms with E-state index in [1.165, 1.54) is 6.07 Å². The van der Waals surface area contributed by atoms with Gasteiger partial charge >= 0.3 is 6.18 Å². The van der Waals surface area contributed by atoms with E-state index in [2.05, 4.69) is 20.6 Å². The molecule has 4 rings (SSSR count). The Bertz CT molecular complexity index is 1330. The van der Waals surface area contributed by atoms with Crippen LogP contribution in [0.5, 0.6) is 11.5 Å². The van der Waals surface area contributed by atoms with Gasteiger partial charge in [0.05, 0.1) is 35.3 Å². The number of aryl methyl sites for hydroxylation is 1. The summed E-state index contributed by atoms with van der Waals surface area (Å²) in [5, 5.41) is 5.76. The minimum Gasteiger partial charge on any atom is -0.457 e. The van der Waals surface area contributed by atoms with Crippen LogP contribution >= 0.6 is 0 Å². The van der Waals surface area contributed by atoms with Crippen molar-refractivity contribution >= 4 is 28.5 Å². The van der Waals surface area contributed by atoms with Crippen LogP contribution in [0.15, 0.2) is 60.8 Å². The fourth-order valence-corrected chi connectivity index (χ4v) is 3.47. The van der Waals surface area contributed by atoms with Crippen molar-refractivity contribution in [1.82, 2.24) is 19.9 Å². The Balaban J connectivity index is 1.54. The number of benzene rings is 2. The van der Waals surface area contributed by atoms with Crippen LogP contribution in [0.25, 0.3) is 11.0 Å². The molecule has 0 unspecified atom stereocenters. The van der Waals surface area contributed by atoms with E-state index in [0.29, 0.717) is 28.7 Å². The summed E-state index contributed by atoms with van der Waals surface area (Å²) in [5.74, 6) is 1.46. The molecule has 0 radical (unpaired) electrons. The van der Waals surface area contributed by atoms with Crippen LogP contribution in [0.1, 0.15) is 11.3 Å². The first-order valence-corrected chi connectivity index (χ1v) is 10.4. The Morgan fingerprint density at radius 2 is 1.88 bits per heavy atom. The Morgan fingerprint density at radius 3 is 2.65 bits per heavy atom. The maximum atomic E-state index is 13.0. The first-order chi connectivity index (χ1) is 16.2. The monoisotopic (exact) mass is 469 g/mol. The molecule has 2 N–H and O–H groups in total. The lowest BCUT2D eigenvalue weighted by Gasteiger charge is -2.10. The molecule has 0 aliphatic rings. The van der Waals surface area contributed by atoms with Crippen LogP contribution in [0.4, 0.5) is 24.8 Å². The molecule has 2 aromatic carbocycles. The average Bonchev–Trinajstić information content (AvgIpc) is 3.08. The maximum absolute atomic E-state index is 13.0. The van der Waals surface area contributed by atoms with E-state index in [1.54, 1.807) is 55.2 Å². The zero-order chi connectivity index (χ0) is 24.3. The number of anilines is 2. The molecule has 0 aliphatic carbocycles. The van der Waals surface area contributed by atoms with Crippen LogP contribution in [-0.4, -0.2) is 33.9 Å². The molecule has 2 heterocycles. The highest BCUT2D eigenvalue weighted by Crippen LogP contribution is 2.32. The Labute approximate surface area is 193 Å². The zero-order valence-corrected chi connectivity index (χ0v) is 18.5. The summed E-state index contributed by atoms with van der Waals surface area (Å²) in [7, 11) is 3.47. The van der Waals surface area contributed by atoms with Gasteiger partial charge in [-0.15, -0.1) is 0 Å². The lowest BCUT2D eigenvalue weighted by Crippen LogP contribution is -2.20. The van der Waals surface area contributed by atoms with Gasteiger partial charge in [0.1, 0.15) is 11.5 Å². The maximum Gasteiger partial charge on any atom is 0.416 e. The molecule has 7 nitrogen and oxygen atoms in total. The highest BCUT2D eigenvalue weighted by atomic mass is 19.4. The third-order valence-electron chi connectivity index (χ3n) is 5.07. The topological polar surface area (TPSA) is 81.1 Å². The van der Waals surface area contributed by atoms with Crippen molar-refractivity contribution in [3.8, 4) is 11.5 Å². The number of pyridine rings is 1. The molecule has 2 aromatic heterocycles. The predicted molar refractivity (Wildman–Crippen MR) is 122 cm³/mol. The third-order valence-corrected chi connectivity index (χ3v) is 5.07. The largest absolute Gasteiger partial charge is 0.457 e. The van der Waals surface area contributed by atoms with E-state index in [9.17, 15) is 18.0 Å². The number of carbonyl (C=O) groups is 1. The number of ketones is 1. The number of likely N-dealkylation sites (N-methyl/N-ethyl adjacent to an activating group) is 1. The molecule has 0 fully saturated rings. The Hall–Kier alpha value is -3.92. The summed E-state index contributed by atoms with van der Waals surface area (Å²) in [6.45, 7) is 0.264. The predicted octanol–water partition coefficient (Wildman–Crippen LogP) is 4.85. The van der Waals surface area contributed by atoms with E-state index < -0.39 is 11.7 Å². The van der Waals surface area contributed by atoms with Crippen molar-refractivity contribution in [1.29, 1.82) is 0 Å². The molecule has 0 saturated heterocycles. The first-order valence-electron chi connectivity index (χ1n) is 10.4. The van der Waals surface area contributed by atoms with Gasteiger partial charge in [-0.1, -0.05) is 6.07 Å². The number of hydrogen-bond acceptors (Lipinski definition) is 6. The van der Waals surface area contributed by atoms with Crippen LogP contribution in [0, 0.1) is 0 Å². The molecule has 10 heteroatoms. The van der Waals surface area contributed by atoms with Gasteiger partial charge in [0.25, 0.3) is 0 Å². The van der Waals surface area contributed by atoms with Gasteiger partial charge in [-0.05, 0) is 43.4 Å². The van der Waals surface area contributed by atoms with Crippen molar-refractivity contribution in [3.63, 3.8) is 0 Å². The van der Waals surface area contributed by atoms with Crippen molar-refractivity contribution in [2.75, 3.05) is 18.9 Å². The SMILES string of the molecule is CNCC(=O)Cc1cc(Oc2ccc3c(c2)nc(Nc2cccc(C(F)(F)F)c2)n3C)ccn1. The van der Waals surface area contributed by atoms with Gasteiger partial charge in [-0.2, -0.15) is 13.2 Å². The molecular weight excluding hydrogens is 447 g/mol. The number of Topliss-reactive ketones (excluding diaryl/α,β-unsaturated/α-hetero) is 1. The van der Waals surface area contributed by atoms with Gasteiger partial charge in [-0.25, -0.2) is 4.98 Å². The standard InChI is InChI=1S/C24H22F3N5O2/c1-28-14-18(33)11-17-12-20(8-9-29-17)34-19-6-7-22-21(13-19)31-23(32(22)2)30-16-5-3-4-15(10-16)24(25,26)27/h3-10,12-13,28H,11,14H2,1-2H3,(H,30,31). The van der Waals surface area contributed by atoms with Gasteiger partial charge < -0.3 is 19.9 Å². The fraction of sp³-hybridized carbons (Fsp3) is 0.208. The summed E-state index contributed by atoms with van der Waals surface area (Å²) >= 11 is 0. The summed E-state index contributed by atoms with van der Waals surface area (Å²) in [6.07, 6.45) is -2.65. The fourth-order valence-electron chi connectivity index (χ4n) is 3.47. The number of fused-ring (bicyclic) bond motifs is 1. The normalized spacial score (nSPS) is 11.6. The summed E-state index contributed by atoms with van der Waals surface area (Å²) < 4.78 is 46.7. The van der Waals surface area contributed by atoms with E-state index in [-0.39, 0.29) is 24.4 Å². The summed E-state index contributed by atoms with van der Waals surface area (Å²) in [4.78, 5) is 20.6. The number of nitrogens with one attached hydrogen (secondary N) is 2. The smallest absolute Gasteiger partial charge is 0.416 e. The van der Waals surface area contributed by atoms with Gasteiger partial charge in [0.15, 0.2) is 5.78 Å². The second-order valence-electron chi connectivity index (χ2n) is 7.68. The minimum atomic E-state index is -4.43. The number of rotatable bonds is 8. The molecule has 0 spiro atoms. The molecule has 0 bridgehead atoms. The number of hydrogen-bond donors (Lipinski definition) is 2. The first kappa shape index (κ1) is 23.2. The number of imidazole rings is 1. The van der Waals surface area contributed by atoms with Gasteiger partial charge in [-0.3, -0.25) is 9.78 Å². The van der Waals surface area contributed by atoms with E-state index >= 15 is 0 Å². The summed E-state index contributed by atoms with van der Waals surface area (Å²) in [5.41, 5.74) is 1.52. The quantitative estimate of drug-likeness (QED) is 0.384. The van der Waals surface area contributed by atoms with Crippen LogP contribution in [0.2, 0.25) is 0 Å². The molecule has 176 valence electrons. The van der Waals surface area contributed by atoms with Crippen molar-refractivity contribution in [2.24, 2.45) is 7.05 Å². The Kier molecular flexibility index (Phi) is 6.51. The second-order valence-corrected chi connectivity index (χ2v) is 7.68. The number of aromatic nitrogens is 3. The molecule has 4 aromatic rings. The average molecular weight is 469 g/mol. The molecule has 0 aliphatic heterocycles. The van der Waals surface area contributed by atoms with E-state index in [1.807, 2.05) is 6.07 Å². The second kappa shape index (κ2) is 9.52. The number of nitrogens with zero attached hydrogens (tertiary/aromatic N) is 3. The lowest BCUT2D eigenvalue weighted by molar-refractivity contribution is -0.137. The number of ether oxygens (including phenoxy) is 1. The molecule has 34 heavy (non-hydrogen) atoms. The number of carbonyl (C=O) groups excluding carboxylic acids is 1. The molecule has 0 atom stereocenters. The van der Waals surface area contributed by atoms with E-state index in [0.717, 1.165) is 17.6 Å². The van der Waals surface area contributed by atoms with Crippen LogP contribution in [0.3, 0.4) is 0 Å². The van der Waals surface area contributed by atoms with Crippen molar-refractivity contribution in [3.05, 3.63) is 72.1 Å². The number of alkyl halides is 3. The van der Waals surface area contributed by atoms with Gasteiger partial charge in [0.2, 0.25) is 5.95 Å². The third kappa shape index (κ3) is 5.34. The molecule has 0 amide bonds. The summed E-state index contributed by atoms with van der Waals surface area (Å²) in [6, 6.07) is 13.7. The van der Waals surface area contributed by atoms with Gasteiger partial charge in [0, 0.05) is 31.1 Å². The minimum absolute atomic E-state index is 0.0165. The zero-order valence-electron chi connectivity index (χ0n) is 18.5.